The van der Waals surface area contributed by atoms with Crippen molar-refractivity contribution in [1.29, 1.82) is 0 Å². The Hall–Kier alpha value is -0.120. The minimum atomic E-state index is 0.255. The first-order chi connectivity index (χ1) is 7.71. The fraction of sp³-hybridized carbons (Fsp3) is 1.00. The normalized spacial score (nSPS) is 26.6. The summed E-state index contributed by atoms with van der Waals surface area (Å²) in [5.41, 5.74) is 0. The molecule has 1 aliphatic heterocycles. The van der Waals surface area contributed by atoms with Crippen LogP contribution in [0.4, 0.5) is 0 Å². The quantitative estimate of drug-likeness (QED) is 0.722. The third kappa shape index (κ3) is 4.04. The Morgan fingerprint density at radius 3 is 2.75 bits per heavy atom. The number of nitrogens with one attached hydrogen (secondary N) is 1. The molecule has 0 aromatic carbocycles. The van der Waals surface area contributed by atoms with Crippen LogP contribution < -0.4 is 5.32 Å². The van der Waals surface area contributed by atoms with Crippen molar-refractivity contribution in [3.63, 3.8) is 0 Å². The predicted molar refractivity (Wildman–Crippen MR) is 68.6 cm³/mol. The van der Waals surface area contributed by atoms with E-state index in [9.17, 15) is 5.11 Å². The molecule has 1 heterocycles. The molecule has 3 heteroatoms. The molecule has 3 nitrogen and oxygen atoms in total. The molecule has 1 fully saturated rings. The van der Waals surface area contributed by atoms with Gasteiger partial charge in [-0.05, 0) is 45.2 Å². The molecular weight excluding hydrogens is 200 g/mol. The van der Waals surface area contributed by atoms with E-state index in [1.807, 2.05) is 0 Å². The fourth-order valence-electron chi connectivity index (χ4n) is 2.59. The van der Waals surface area contributed by atoms with Crippen molar-refractivity contribution in [2.75, 3.05) is 26.2 Å². The Morgan fingerprint density at radius 2 is 2.19 bits per heavy atom. The number of piperidine rings is 1. The first-order valence-electron chi connectivity index (χ1n) is 6.80. The highest BCUT2D eigenvalue weighted by Gasteiger charge is 2.24. The number of aliphatic hydroxyl groups is 1. The summed E-state index contributed by atoms with van der Waals surface area (Å²) in [5.74, 6) is 0.745. The van der Waals surface area contributed by atoms with Crippen molar-refractivity contribution in [3.8, 4) is 0 Å². The lowest BCUT2D eigenvalue weighted by Crippen LogP contribution is -2.48. The van der Waals surface area contributed by atoms with Crippen LogP contribution in [0.25, 0.3) is 0 Å². The smallest absolute Gasteiger partial charge is 0.0584 e. The zero-order chi connectivity index (χ0) is 12.0. The summed E-state index contributed by atoms with van der Waals surface area (Å²) in [7, 11) is 0. The molecule has 1 saturated heterocycles. The van der Waals surface area contributed by atoms with Gasteiger partial charge < -0.3 is 15.3 Å². The third-order valence-electron chi connectivity index (χ3n) is 3.91. The minimum Gasteiger partial charge on any atom is -0.395 e. The molecule has 0 saturated carbocycles. The van der Waals surface area contributed by atoms with Crippen LogP contribution in [0.2, 0.25) is 0 Å². The Labute approximate surface area is 100 Å². The molecule has 0 aliphatic carbocycles. The molecule has 0 bridgehead atoms. The zero-order valence-corrected chi connectivity index (χ0v) is 11.1. The van der Waals surface area contributed by atoms with Gasteiger partial charge in [0.2, 0.25) is 0 Å². The van der Waals surface area contributed by atoms with E-state index < -0.39 is 0 Å². The average molecular weight is 228 g/mol. The van der Waals surface area contributed by atoms with Crippen LogP contribution in [0.5, 0.6) is 0 Å². The van der Waals surface area contributed by atoms with Gasteiger partial charge in [0.1, 0.15) is 0 Å². The number of nitrogens with zero attached hydrogens (tertiary/aromatic N) is 1. The summed E-state index contributed by atoms with van der Waals surface area (Å²) < 4.78 is 0. The maximum atomic E-state index is 9.20. The van der Waals surface area contributed by atoms with E-state index in [0.29, 0.717) is 6.04 Å². The molecule has 0 radical (unpaired) electrons. The number of hydrogen-bond acceptors (Lipinski definition) is 3. The number of likely N-dealkylation sites (tertiary alicyclic amines) is 1. The molecule has 0 aromatic heterocycles. The average Bonchev–Trinajstić information content (AvgIpc) is 2.35. The molecule has 2 unspecified atom stereocenters. The molecule has 0 spiro atoms. The first kappa shape index (κ1) is 13.9. The van der Waals surface area contributed by atoms with E-state index in [4.69, 9.17) is 0 Å². The monoisotopic (exact) mass is 228 g/mol. The summed E-state index contributed by atoms with van der Waals surface area (Å²) in [6.07, 6.45) is 3.65. The van der Waals surface area contributed by atoms with Gasteiger partial charge in [-0.15, -0.1) is 0 Å². The molecule has 1 aliphatic rings. The summed E-state index contributed by atoms with van der Waals surface area (Å²) in [6.45, 7) is 10.5. The molecule has 0 amide bonds. The first-order valence-corrected chi connectivity index (χ1v) is 6.80. The maximum absolute atomic E-state index is 9.20. The van der Waals surface area contributed by atoms with Crippen LogP contribution in [0.1, 0.15) is 40.0 Å². The van der Waals surface area contributed by atoms with Gasteiger partial charge in [0, 0.05) is 18.6 Å². The van der Waals surface area contributed by atoms with Crippen molar-refractivity contribution < 1.29 is 5.11 Å². The molecule has 0 aromatic rings. The Bertz CT molecular complexity index is 183. The number of rotatable bonds is 6. The Morgan fingerprint density at radius 1 is 1.44 bits per heavy atom. The lowest BCUT2D eigenvalue weighted by atomic mass is 9.91. The van der Waals surface area contributed by atoms with E-state index in [0.717, 1.165) is 12.3 Å². The Kier molecular flexibility index (Phi) is 6.32. The predicted octanol–water partition coefficient (Wildman–Crippen LogP) is 1.47. The third-order valence-corrected chi connectivity index (χ3v) is 3.91. The standard InChI is InChI=1S/C13H28N2O/c1-4-13(10-16)14-11(3)12-7-6-8-15(5-2)9-12/h11-14,16H,4-10H2,1-3H3/t11?,12?,13-/m1/s1. The Balaban J connectivity index is 2.37. The second kappa shape index (κ2) is 7.25. The van der Waals surface area contributed by atoms with Gasteiger partial charge in [0.05, 0.1) is 6.61 Å². The largest absolute Gasteiger partial charge is 0.395 e. The van der Waals surface area contributed by atoms with Crippen LogP contribution in [-0.4, -0.2) is 48.3 Å². The molecule has 96 valence electrons. The molecular formula is C13H28N2O. The van der Waals surface area contributed by atoms with Crippen LogP contribution in [0.15, 0.2) is 0 Å². The van der Waals surface area contributed by atoms with E-state index in [1.54, 1.807) is 0 Å². The SMILES string of the molecule is CC[C@H](CO)NC(C)C1CCCN(CC)C1. The summed E-state index contributed by atoms with van der Waals surface area (Å²) in [4.78, 5) is 2.53. The molecule has 1 rings (SSSR count). The van der Waals surface area contributed by atoms with E-state index >= 15 is 0 Å². The van der Waals surface area contributed by atoms with E-state index in [-0.39, 0.29) is 12.6 Å². The van der Waals surface area contributed by atoms with Crippen molar-refractivity contribution in [2.45, 2.75) is 52.1 Å². The van der Waals surface area contributed by atoms with Crippen molar-refractivity contribution >= 4 is 0 Å². The van der Waals surface area contributed by atoms with Gasteiger partial charge in [-0.2, -0.15) is 0 Å². The van der Waals surface area contributed by atoms with Crippen molar-refractivity contribution in [1.82, 2.24) is 10.2 Å². The second-order valence-corrected chi connectivity index (χ2v) is 5.04. The van der Waals surface area contributed by atoms with Gasteiger partial charge in [-0.3, -0.25) is 0 Å². The maximum Gasteiger partial charge on any atom is 0.0584 e. The number of aliphatic hydroxyl groups excluding tert-OH is 1. The minimum absolute atomic E-state index is 0.255. The van der Waals surface area contributed by atoms with Gasteiger partial charge in [-0.1, -0.05) is 13.8 Å². The number of hydrogen-bond donors (Lipinski definition) is 2. The topological polar surface area (TPSA) is 35.5 Å². The van der Waals surface area contributed by atoms with Gasteiger partial charge in [-0.25, -0.2) is 0 Å². The van der Waals surface area contributed by atoms with Crippen LogP contribution >= 0.6 is 0 Å². The zero-order valence-electron chi connectivity index (χ0n) is 11.1. The van der Waals surface area contributed by atoms with Gasteiger partial charge >= 0.3 is 0 Å². The van der Waals surface area contributed by atoms with Crippen LogP contribution in [0.3, 0.4) is 0 Å². The fourth-order valence-corrected chi connectivity index (χ4v) is 2.59. The van der Waals surface area contributed by atoms with Gasteiger partial charge in [0.25, 0.3) is 0 Å². The second-order valence-electron chi connectivity index (χ2n) is 5.04. The van der Waals surface area contributed by atoms with Crippen molar-refractivity contribution in [2.24, 2.45) is 5.92 Å². The summed E-state index contributed by atoms with van der Waals surface area (Å²) in [6, 6.07) is 0.790. The summed E-state index contributed by atoms with van der Waals surface area (Å²) in [5, 5.41) is 12.8. The lowest BCUT2D eigenvalue weighted by molar-refractivity contribution is 0.142. The highest BCUT2D eigenvalue weighted by atomic mass is 16.3. The molecule has 3 atom stereocenters. The highest BCUT2D eigenvalue weighted by molar-refractivity contribution is 4.82. The molecule has 2 N–H and O–H groups in total. The van der Waals surface area contributed by atoms with E-state index in [2.05, 4.69) is 31.0 Å². The summed E-state index contributed by atoms with van der Waals surface area (Å²) >= 11 is 0. The lowest BCUT2D eigenvalue weighted by Gasteiger charge is -2.36. The highest BCUT2D eigenvalue weighted by Crippen LogP contribution is 2.19. The molecule has 16 heavy (non-hydrogen) atoms. The van der Waals surface area contributed by atoms with Crippen LogP contribution in [0, 0.1) is 5.92 Å². The van der Waals surface area contributed by atoms with Crippen LogP contribution in [-0.2, 0) is 0 Å². The van der Waals surface area contributed by atoms with E-state index in [1.165, 1.54) is 32.5 Å². The van der Waals surface area contributed by atoms with Gasteiger partial charge in [0.15, 0.2) is 0 Å². The van der Waals surface area contributed by atoms with Crippen molar-refractivity contribution in [3.05, 3.63) is 0 Å².